The van der Waals surface area contributed by atoms with Crippen LogP contribution in [0.4, 0.5) is 0 Å². The van der Waals surface area contributed by atoms with Crippen LogP contribution in [0.3, 0.4) is 0 Å². The van der Waals surface area contributed by atoms with Crippen LogP contribution in [0.1, 0.15) is 5.56 Å². The lowest BCUT2D eigenvalue weighted by atomic mass is 10.0. The Morgan fingerprint density at radius 3 is 2.32 bits per heavy atom. The van der Waals surface area contributed by atoms with Gasteiger partial charge >= 0.3 is 0 Å². The molecule has 0 N–H and O–H groups in total. The number of fused-ring (bicyclic) bond motifs is 1. The Bertz CT molecular complexity index is 541. The van der Waals surface area contributed by atoms with Crippen molar-refractivity contribution < 1.29 is 0 Å². The molecule has 0 spiro atoms. The highest BCUT2D eigenvalue weighted by molar-refractivity contribution is 5.85. The van der Waals surface area contributed by atoms with Crippen molar-refractivity contribution in [3.05, 3.63) is 73.3 Å². The third-order valence-electron chi connectivity index (χ3n) is 3.35. The Labute approximate surface area is 115 Å². The molecule has 0 aromatic heterocycles. The number of hydrogen-bond acceptors (Lipinski definition) is 1. The highest BCUT2D eigenvalue weighted by Gasteiger charge is 2.04. The summed E-state index contributed by atoms with van der Waals surface area (Å²) in [5.41, 5.74) is 1.41. The van der Waals surface area contributed by atoms with Gasteiger partial charge < -0.3 is 0 Å². The van der Waals surface area contributed by atoms with Crippen LogP contribution >= 0.6 is 0 Å². The Morgan fingerprint density at radius 2 is 1.58 bits per heavy atom. The molecule has 1 heteroatoms. The molecule has 0 heterocycles. The van der Waals surface area contributed by atoms with Crippen LogP contribution in [0.25, 0.3) is 10.8 Å². The maximum atomic E-state index is 3.81. The summed E-state index contributed by atoms with van der Waals surface area (Å²) in [6.45, 7) is 10.5. The summed E-state index contributed by atoms with van der Waals surface area (Å²) in [4.78, 5) is 2.35. The molecule has 0 unspecified atom stereocenters. The lowest BCUT2D eigenvalue weighted by Crippen LogP contribution is -2.26. The molecular weight excluding hydrogens is 230 g/mol. The predicted octanol–water partition coefficient (Wildman–Crippen LogP) is 4.06. The van der Waals surface area contributed by atoms with Gasteiger partial charge in [-0.15, -0.1) is 13.2 Å². The average molecular weight is 251 g/mol. The van der Waals surface area contributed by atoms with Crippen LogP contribution in [0.2, 0.25) is 0 Å². The topological polar surface area (TPSA) is 3.24 Å². The fourth-order valence-electron chi connectivity index (χ4n) is 2.41. The Kier molecular flexibility index (Phi) is 4.93. The summed E-state index contributed by atoms with van der Waals surface area (Å²) < 4.78 is 0. The number of rotatable bonds is 7. The Balaban J connectivity index is 2.12. The zero-order valence-electron chi connectivity index (χ0n) is 11.4. The minimum atomic E-state index is 0.913. The van der Waals surface area contributed by atoms with Crippen molar-refractivity contribution >= 4 is 10.8 Å². The number of hydrogen-bond donors (Lipinski definition) is 0. The minimum Gasteiger partial charge on any atom is -0.296 e. The molecule has 0 saturated carbocycles. The summed E-state index contributed by atoms with van der Waals surface area (Å²) in [5.74, 6) is 0. The van der Waals surface area contributed by atoms with Crippen LogP contribution in [-0.4, -0.2) is 24.5 Å². The largest absolute Gasteiger partial charge is 0.296 e. The first-order chi connectivity index (χ1) is 9.35. The molecule has 2 aromatic rings. The zero-order chi connectivity index (χ0) is 13.5. The van der Waals surface area contributed by atoms with E-state index in [1.54, 1.807) is 0 Å². The quantitative estimate of drug-likeness (QED) is 0.671. The summed E-state index contributed by atoms with van der Waals surface area (Å²) in [7, 11) is 0. The Hall–Kier alpha value is -1.86. The third kappa shape index (κ3) is 3.55. The van der Waals surface area contributed by atoms with E-state index in [0.29, 0.717) is 0 Å². The van der Waals surface area contributed by atoms with Crippen LogP contribution in [0.5, 0.6) is 0 Å². The lowest BCUT2D eigenvalue weighted by Gasteiger charge is -2.19. The van der Waals surface area contributed by atoms with Gasteiger partial charge in [0.1, 0.15) is 0 Å². The van der Waals surface area contributed by atoms with Gasteiger partial charge in [0.2, 0.25) is 0 Å². The van der Waals surface area contributed by atoms with E-state index in [4.69, 9.17) is 0 Å². The fraction of sp³-hybridized carbons (Fsp3) is 0.222. The SMILES string of the molecule is C=CCN(CC=C)CCc1cccc2ccccc12. The first-order valence-corrected chi connectivity index (χ1v) is 6.76. The first-order valence-electron chi connectivity index (χ1n) is 6.76. The monoisotopic (exact) mass is 251 g/mol. The molecule has 2 aromatic carbocycles. The normalized spacial score (nSPS) is 10.8. The van der Waals surface area contributed by atoms with Gasteiger partial charge in [-0.25, -0.2) is 0 Å². The van der Waals surface area contributed by atoms with E-state index in [1.165, 1.54) is 16.3 Å². The van der Waals surface area contributed by atoms with Crippen molar-refractivity contribution in [3.63, 3.8) is 0 Å². The molecule has 0 atom stereocenters. The van der Waals surface area contributed by atoms with E-state index in [-0.39, 0.29) is 0 Å². The van der Waals surface area contributed by atoms with Gasteiger partial charge in [-0.1, -0.05) is 54.6 Å². The fourth-order valence-corrected chi connectivity index (χ4v) is 2.41. The van der Waals surface area contributed by atoms with Crippen molar-refractivity contribution in [1.29, 1.82) is 0 Å². The van der Waals surface area contributed by atoms with Crippen LogP contribution < -0.4 is 0 Å². The van der Waals surface area contributed by atoms with Gasteiger partial charge in [0.15, 0.2) is 0 Å². The maximum Gasteiger partial charge on any atom is 0.0164 e. The van der Waals surface area contributed by atoms with Crippen molar-refractivity contribution in [1.82, 2.24) is 4.90 Å². The molecule has 0 radical (unpaired) electrons. The summed E-state index contributed by atoms with van der Waals surface area (Å²) in [6.07, 6.45) is 4.96. The van der Waals surface area contributed by atoms with Crippen molar-refractivity contribution in [2.24, 2.45) is 0 Å². The molecule has 0 fully saturated rings. The van der Waals surface area contributed by atoms with Crippen molar-refractivity contribution in [3.8, 4) is 0 Å². The minimum absolute atomic E-state index is 0.913. The molecule has 19 heavy (non-hydrogen) atoms. The highest BCUT2D eigenvalue weighted by atomic mass is 15.1. The standard InChI is InChI=1S/C18H21N/c1-3-13-19(14-4-2)15-12-17-10-7-9-16-8-5-6-11-18(16)17/h3-11H,1-2,12-15H2. The van der Waals surface area contributed by atoms with Gasteiger partial charge in [-0.3, -0.25) is 4.90 Å². The second-order valence-corrected chi connectivity index (χ2v) is 4.73. The molecule has 0 aliphatic rings. The molecule has 0 saturated heterocycles. The van der Waals surface area contributed by atoms with Gasteiger partial charge in [-0.2, -0.15) is 0 Å². The summed E-state index contributed by atoms with van der Waals surface area (Å²) in [5, 5.41) is 2.68. The Morgan fingerprint density at radius 1 is 0.895 bits per heavy atom. The van der Waals surface area contributed by atoms with Gasteiger partial charge in [0.25, 0.3) is 0 Å². The number of benzene rings is 2. The second kappa shape index (κ2) is 6.91. The smallest absolute Gasteiger partial charge is 0.0164 e. The molecule has 0 aliphatic carbocycles. The van der Waals surface area contributed by atoms with Gasteiger partial charge in [-0.05, 0) is 22.8 Å². The van der Waals surface area contributed by atoms with Crippen molar-refractivity contribution in [2.75, 3.05) is 19.6 Å². The molecular formula is C18H21N. The highest BCUT2D eigenvalue weighted by Crippen LogP contribution is 2.19. The van der Waals surface area contributed by atoms with Gasteiger partial charge in [0, 0.05) is 19.6 Å². The van der Waals surface area contributed by atoms with E-state index in [2.05, 4.69) is 60.5 Å². The summed E-state index contributed by atoms with van der Waals surface area (Å²) >= 11 is 0. The van der Waals surface area contributed by atoms with E-state index in [9.17, 15) is 0 Å². The van der Waals surface area contributed by atoms with E-state index in [0.717, 1.165) is 26.1 Å². The average Bonchev–Trinajstić information content (AvgIpc) is 2.45. The van der Waals surface area contributed by atoms with Crippen LogP contribution in [0.15, 0.2) is 67.8 Å². The second-order valence-electron chi connectivity index (χ2n) is 4.73. The van der Waals surface area contributed by atoms with Gasteiger partial charge in [0.05, 0.1) is 0 Å². The summed E-state index contributed by atoms with van der Waals surface area (Å²) in [6, 6.07) is 15.1. The molecule has 98 valence electrons. The van der Waals surface area contributed by atoms with E-state index >= 15 is 0 Å². The van der Waals surface area contributed by atoms with Crippen LogP contribution in [-0.2, 0) is 6.42 Å². The lowest BCUT2D eigenvalue weighted by molar-refractivity contribution is 0.340. The van der Waals surface area contributed by atoms with Crippen molar-refractivity contribution in [2.45, 2.75) is 6.42 Å². The first kappa shape index (κ1) is 13.6. The zero-order valence-corrected chi connectivity index (χ0v) is 11.4. The molecule has 0 aliphatic heterocycles. The van der Waals surface area contributed by atoms with E-state index in [1.807, 2.05) is 12.2 Å². The van der Waals surface area contributed by atoms with Crippen LogP contribution in [0, 0.1) is 0 Å². The third-order valence-corrected chi connectivity index (χ3v) is 3.35. The predicted molar refractivity (Wildman–Crippen MR) is 84.5 cm³/mol. The molecule has 1 nitrogen and oxygen atoms in total. The molecule has 2 rings (SSSR count). The maximum absolute atomic E-state index is 3.81. The molecule has 0 amide bonds. The molecule has 0 bridgehead atoms. The number of nitrogens with zero attached hydrogens (tertiary/aromatic N) is 1. The van der Waals surface area contributed by atoms with E-state index < -0.39 is 0 Å².